The van der Waals surface area contributed by atoms with E-state index < -0.39 is 0 Å². The summed E-state index contributed by atoms with van der Waals surface area (Å²) in [6, 6.07) is 11.2. The number of aromatic nitrogens is 1. The quantitative estimate of drug-likeness (QED) is 0.779. The number of carbonyl (C=O) groups is 1. The zero-order valence-corrected chi connectivity index (χ0v) is 15.0. The van der Waals surface area contributed by atoms with Crippen LogP contribution in [0.4, 0.5) is 4.39 Å². The molecule has 5 heteroatoms. The average molecular weight is 352 g/mol. The summed E-state index contributed by atoms with van der Waals surface area (Å²) in [5.41, 5.74) is 3.47. The van der Waals surface area contributed by atoms with Crippen LogP contribution < -0.4 is 10.7 Å². The predicted octanol–water partition coefficient (Wildman–Crippen LogP) is 3.63. The zero-order valence-electron chi connectivity index (χ0n) is 15.0. The summed E-state index contributed by atoms with van der Waals surface area (Å²) in [4.78, 5) is 24.7. The first-order valence-electron chi connectivity index (χ1n) is 8.50. The molecular weight excluding hydrogens is 331 g/mol. The average Bonchev–Trinajstić information content (AvgIpc) is 2.57. The van der Waals surface area contributed by atoms with Crippen molar-refractivity contribution in [1.82, 2.24) is 9.88 Å². The Bertz CT molecular complexity index is 1020. The van der Waals surface area contributed by atoms with Crippen molar-refractivity contribution in [3.05, 3.63) is 81.4 Å². The van der Waals surface area contributed by atoms with E-state index in [1.165, 1.54) is 18.2 Å². The Kier molecular flexibility index (Phi) is 4.89. The molecule has 1 aromatic heterocycles. The molecule has 4 nitrogen and oxygen atoms in total. The molecule has 3 rings (SSSR count). The molecule has 0 aliphatic heterocycles. The van der Waals surface area contributed by atoms with E-state index in [1.807, 2.05) is 32.9 Å². The molecule has 3 aromatic rings. The predicted molar refractivity (Wildman–Crippen MR) is 101 cm³/mol. The fourth-order valence-electron chi connectivity index (χ4n) is 3.23. The first-order chi connectivity index (χ1) is 12.3. The second-order valence-electron chi connectivity index (χ2n) is 6.62. The topological polar surface area (TPSA) is 51.1 Å². The Balaban J connectivity index is 1.84. The number of pyridine rings is 1. The highest BCUT2D eigenvalue weighted by atomic mass is 19.1. The van der Waals surface area contributed by atoms with Crippen LogP contribution in [0.2, 0.25) is 0 Å². The second kappa shape index (κ2) is 7.12. The van der Waals surface area contributed by atoms with Crippen LogP contribution in [-0.4, -0.2) is 10.5 Å². The number of benzene rings is 2. The summed E-state index contributed by atoms with van der Waals surface area (Å²) in [6.45, 7) is 5.82. The monoisotopic (exact) mass is 352 g/mol. The molecule has 0 radical (unpaired) electrons. The molecule has 0 saturated heterocycles. The van der Waals surface area contributed by atoms with Gasteiger partial charge in [-0.3, -0.25) is 9.59 Å². The van der Waals surface area contributed by atoms with E-state index in [1.54, 1.807) is 22.9 Å². The van der Waals surface area contributed by atoms with Gasteiger partial charge in [0.15, 0.2) is 5.43 Å². The fraction of sp³-hybridized carbons (Fsp3) is 0.238. The van der Waals surface area contributed by atoms with Gasteiger partial charge in [-0.2, -0.15) is 0 Å². The summed E-state index contributed by atoms with van der Waals surface area (Å²) in [6.07, 6.45) is 1.64. The van der Waals surface area contributed by atoms with Crippen molar-refractivity contribution in [1.29, 1.82) is 0 Å². The number of hydrogen-bond donors (Lipinski definition) is 1. The molecule has 0 saturated carbocycles. The first kappa shape index (κ1) is 17.9. The molecule has 0 bridgehead atoms. The van der Waals surface area contributed by atoms with Crippen molar-refractivity contribution in [2.24, 2.45) is 0 Å². The minimum Gasteiger partial charge on any atom is -0.348 e. The largest absolute Gasteiger partial charge is 0.348 e. The Morgan fingerprint density at radius 2 is 1.85 bits per heavy atom. The summed E-state index contributed by atoms with van der Waals surface area (Å²) >= 11 is 0. The van der Waals surface area contributed by atoms with Gasteiger partial charge in [-0.15, -0.1) is 0 Å². The second-order valence-corrected chi connectivity index (χ2v) is 6.62. The van der Waals surface area contributed by atoms with Gasteiger partial charge in [0.05, 0.1) is 11.6 Å². The van der Waals surface area contributed by atoms with E-state index in [2.05, 4.69) is 5.32 Å². The Labute approximate surface area is 151 Å². The van der Waals surface area contributed by atoms with E-state index in [9.17, 15) is 14.0 Å². The van der Waals surface area contributed by atoms with Crippen LogP contribution in [0, 0.1) is 19.7 Å². The van der Waals surface area contributed by atoms with Gasteiger partial charge in [-0.05, 0) is 55.7 Å². The van der Waals surface area contributed by atoms with E-state index in [0.717, 1.165) is 22.2 Å². The van der Waals surface area contributed by atoms with Crippen LogP contribution in [0.3, 0.4) is 0 Å². The van der Waals surface area contributed by atoms with Crippen molar-refractivity contribution in [3.63, 3.8) is 0 Å². The Morgan fingerprint density at radius 3 is 2.54 bits per heavy atom. The number of rotatable bonds is 4. The van der Waals surface area contributed by atoms with Crippen molar-refractivity contribution < 1.29 is 9.18 Å². The van der Waals surface area contributed by atoms with E-state index >= 15 is 0 Å². The lowest BCUT2D eigenvalue weighted by atomic mass is 10.1. The Morgan fingerprint density at radius 1 is 1.15 bits per heavy atom. The van der Waals surface area contributed by atoms with Gasteiger partial charge < -0.3 is 9.88 Å². The zero-order chi connectivity index (χ0) is 18.8. The number of fused-ring (bicyclic) bond motifs is 1. The standard InChI is InChI=1S/C21H21FN2O2/c1-13-10-14(2)21-18(11-13)24(9-8-19(21)25)12-20(26)23-15(3)16-4-6-17(22)7-5-16/h4-11,15H,12H2,1-3H3,(H,23,26)/t15-/m0/s1. The fourth-order valence-corrected chi connectivity index (χ4v) is 3.23. The molecule has 0 aliphatic rings. The molecule has 2 aromatic carbocycles. The van der Waals surface area contributed by atoms with Crippen LogP contribution in [0.1, 0.15) is 29.7 Å². The molecule has 1 atom stereocenters. The summed E-state index contributed by atoms with van der Waals surface area (Å²) in [7, 11) is 0. The van der Waals surface area contributed by atoms with Crippen LogP contribution >= 0.6 is 0 Å². The van der Waals surface area contributed by atoms with Crippen molar-refractivity contribution in [2.75, 3.05) is 0 Å². The van der Waals surface area contributed by atoms with E-state index in [4.69, 9.17) is 0 Å². The molecule has 1 heterocycles. The lowest BCUT2D eigenvalue weighted by Gasteiger charge is -2.17. The van der Waals surface area contributed by atoms with Gasteiger partial charge in [0.25, 0.3) is 0 Å². The lowest BCUT2D eigenvalue weighted by molar-refractivity contribution is -0.122. The van der Waals surface area contributed by atoms with Crippen molar-refractivity contribution in [2.45, 2.75) is 33.4 Å². The molecule has 26 heavy (non-hydrogen) atoms. The normalized spacial score (nSPS) is 12.2. The SMILES string of the molecule is Cc1cc(C)c2c(=O)ccn(CC(=O)N[C@@H](C)c3ccc(F)cc3)c2c1. The third-order valence-electron chi connectivity index (χ3n) is 4.48. The van der Waals surface area contributed by atoms with Crippen LogP contribution in [0.25, 0.3) is 10.9 Å². The molecule has 134 valence electrons. The van der Waals surface area contributed by atoms with Gasteiger partial charge in [0, 0.05) is 17.6 Å². The number of amides is 1. The van der Waals surface area contributed by atoms with Crippen LogP contribution in [0.5, 0.6) is 0 Å². The van der Waals surface area contributed by atoms with Gasteiger partial charge in [-0.1, -0.05) is 18.2 Å². The highest BCUT2D eigenvalue weighted by Gasteiger charge is 2.12. The molecule has 1 amide bonds. The van der Waals surface area contributed by atoms with Gasteiger partial charge in [0.1, 0.15) is 12.4 Å². The van der Waals surface area contributed by atoms with E-state index in [0.29, 0.717) is 5.39 Å². The number of halogens is 1. The van der Waals surface area contributed by atoms with Crippen molar-refractivity contribution >= 4 is 16.8 Å². The summed E-state index contributed by atoms with van der Waals surface area (Å²) < 4.78 is 14.8. The summed E-state index contributed by atoms with van der Waals surface area (Å²) in [5, 5.41) is 3.55. The third kappa shape index (κ3) is 3.67. The number of carbonyl (C=O) groups excluding carboxylic acids is 1. The molecule has 0 spiro atoms. The molecule has 0 fully saturated rings. The van der Waals surface area contributed by atoms with Crippen LogP contribution in [0.15, 0.2) is 53.5 Å². The number of aryl methyl sites for hydroxylation is 2. The maximum Gasteiger partial charge on any atom is 0.240 e. The van der Waals surface area contributed by atoms with Gasteiger partial charge >= 0.3 is 0 Å². The molecular formula is C21H21FN2O2. The number of hydrogen-bond acceptors (Lipinski definition) is 2. The maximum atomic E-state index is 13.0. The van der Waals surface area contributed by atoms with Crippen LogP contribution in [-0.2, 0) is 11.3 Å². The highest BCUT2D eigenvalue weighted by molar-refractivity contribution is 5.85. The molecule has 0 aliphatic carbocycles. The Hall–Kier alpha value is -2.95. The minimum atomic E-state index is -0.308. The highest BCUT2D eigenvalue weighted by Crippen LogP contribution is 2.18. The molecule has 1 N–H and O–H groups in total. The maximum absolute atomic E-state index is 13.0. The number of nitrogens with one attached hydrogen (secondary N) is 1. The number of nitrogens with zero attached hydrogens (tertiary/aromatic N) is 1. The minimum absolute atomic E-state index is 0.0474. The smallest absolute Gasteiger partial charge is 0.240 e. The summed E-state index contributed by atoms with van der Waals surface area (Å²) in [5.74, 6) is -0.483. The molecule has 0 unspecified atom stereocenters. The first-order valence-corrected chi connectivity index (χ1v) is 8.50. The van der Waals surface area contributed by atoms with Gasteiger partial charge in [-0.25, -0.2) is 4.39 Å². The lowest BCUT2D eigenvalue weighted by Crippen LogP contribution is -2.30. The van der Waals surface area contributed by atoms with Gasteiger partial charge in [0.2, 0.25) is 5.91 Å². The third-order valence-corrected chi connectivity index (χ3v) is 4.48. The van der Waals surface area contributed by atoms with Crippen molar-refractivity contribution in [3.8, 4) is 0 Å². The van der Waals surface area contributed by atoms with E-state index in [-0.39, 0.29) is 29.7 Å².